The average molecular weight is 468 g/mol. The minimum atomic E-state index is -4.71. The van der Waals surface area contributed by atoms with Gasteiger partial charge in [0.1, 0.15) is 0 Å². The lowest BCUT2D eigenvalue weighted by Gasteiger charge is -2.46. The van der Waals surface area contributed by atoms with E-state index in [9.17, 15) is 18.0 Å². The largest absolute Gasteiger partial charge is 0.418 e. The first-order valence-corrected chi connectivity index (χ1v) is 11.2. The van der Waals surface area contributed by atoms with E-state index in [1.54, 1.807) is 0 Å². The van der Waals surface area contributed by atoms with E-state index in [-0.39, 0.29) is 10.6 Å². The molecular formula is C24H29ClF3N3O. The van der Waals surface area contributed by atoms with Crippen LogP contribution in [0.1, 0.15) is 66.6 Å². The van der Waals surface area contributed by atoms with Crippen molar-refractivity contribution in [3.05, 3.63) is 64.2 Å². The van der Waals surface area contributed by atoms with E-state index in [0.29, 0.717) is 5.92 Å². The van der Waals surface area contributed by atoms with Crippen molar-refractivity contribution in [3.8, 4) is 0 Å². The van der Waals surface area contributed by atoms with Crippen molar-refractivity contribution in [3.63, 3.8) is 0 Å². The zero-order chi connectivity index (χ0) is 23.5. The summed E-state index contributed by atoms with van der Waals surface area (Å²) in [7, 11) is 1.87. The second kappa shape index (κ2) is 9.71. The van der Waals surface area contributed by atoms with E-state index in [1.165, 1.54) is 6.07 Å². The van der Waals surface area contributed by atoms with Gasteiger partial charge in [0.2, 0.25) is 0 Å². The summed E-state index contributed by atoms with van der Waals surface area (Å²) in [6, 6.07) is 11.0. The summed E-state index contributed by atoms with van der Waals surface area (Å²) in [4.78, 5) is 13.2. The number of carbonyl (C=O) groups excluding carboxylic acids is 1. The molecule has 0 saturated heterocycles. The van der Waals surface area contributed by atoms with Gasteiger partial charge in [-0.15, -0.1) is 0 Å². The maximum atomic E-state index is 13.4. The van der Waals surface area contributed by atoms with Crippen LogP contribution in [0.4, 0.5) is 18.9 Å². The molecule has 1 atom stereocenters. The van der Waals surface area contributed by atoms with Crippen LogP contribution in [0, 0.1) is 5.92 Å². The van der Waals surface area contributed by atoms with Crippen LogP contribution in [0.25, 0.3) is 0 Å². The molecule has 0 bridgehead atoms. The predicted molar refractivity (Wildman–Crippen MR) is 122 cm³/mol. The van der Waals surface area contributed by atoms with Gasteiger partial charge >= 0.3 is 6.18 Å². The second-order valence-electron chi connectivity index (χ2n) is 8.49. The molecule has 4 nitrogen and oxygen atoms in total. The fourth-order valence-electron chi connectivity index (χ4n) is 4.67. The number of carbonyl (C=O) groups is 1. The van der Waals surface area contributed by atoms with Gasteiger partial charge < -0.3 is 16.4 Å². The normalized spacial score (nSPS) is 22.4. The molecule has 2 aromatic rings. The Morgan fingerprint density at radius 2 is 1.84 bits per heavy atom. The van der Waals surface area contributed by atoms with Crippen LogP contribution in [-0.2, 0) is 6.18 Å². The highest BCUT2D eigenvalue weighted by Gasteiger charge is 2.42. The lowest BCUT2D eigenvalue weighted by molar-refractivity contribution is -0.136. The lowest BCUT2D eigenvalue weighted by atomic mass is 9.70. The third-order valence-electron chi connectivity index (χ3n) is 6.73. The highest BCUT2D eigenvalue weighted by molar-refractivity contribution is 6.33. The van der Waals surface area contributed by atoms with Crippen molar-refractivity contribution in [2.45, 2.75) is 56.8 Å². The van der Waals surface area contributed by atoms with Gasteiger partial charge in [0.25, 0.3) is 5.91 Å². The van der Waals surface area contributed by atoms with Crippen molar-refractivity contribution in [1.82, 2.24) is 10.6 Å². The standard InChI is InChI=1S/C24H29ClF3N3O/c1-3-15-9-11-23(30-2,12-10-15)21(16-7-5-4-6-8-16)31-22(32)17-13-18(24(26,27)28)20(29)19(25)14-17/h4-8,13-15,21,30H,3,9-12,29H2,1-2H3,(H,31,32). The molecule has 32 heavy (non-hydrogen) atoms. The summed E-state index contributed by atoms with van der Waals surface area (Å²) in [5.41, 5.74) is 4.13. The number of anilines is 1. The summed E-state index contributed by atoms with van der Waals surface area (Å²) in [6.07, 6.45) is 0.112. The molecule has 0 heterocycles. The highest BCUT2D eigenvalue weighted by Crippen LogP contribution is 2.42. The first kappa shape index (κ1) is 24.4. The van der Waals surface area contributed by atoms with E-state index >= 15 is 0 Å². The number of nitrogens with two attached hydrogens (primary N) is 1. The molecule has 1 aliphatic rings. The smallest absolute Gasteiger partial charge is 0.397 e. The number of benzene rings is 2. The molecule has 4 N–H and O–H groups in total. The van der Waals surface area contributed by atoms with Gasteiger partial charge in [0, 0.05) is 11.1 Å². The van der Waals surface area contributed by atoms with Crippen molar-refractivity contribution >= 4 is 23.2 Å². The molecule has 1 saturated carbocycles. The maximum Gasteiger partial charge on any atom is 0.418 e. The Morgan fingerprint density at radius 3 is 2.38 bits per heavy atom. The van der Waals surface area contributed by atoms with Crippen molar-refractivity contribution in [2.75, 3.05) is 12.8 Å². The number of likely N-dealkylation sites (N-methyl/N-ethyl adjacent to an activating group) is 1. The SMILES string of the molecule is CCC1CCC(NC)(C(NC(=O)c2cc(Cl)c(N)c(C(F)(F)F)c2)c2ccccc2)CC1. The number of rotatable bonds is 6. The monoisotopic (exact) mass is 467 g/mol. The Labute approximate surface area is 191 Å². The first-order valence-electron chi connectivity index (χ1n) is 10.8. The minimum Gasteiger partial charge on any atom is -0.397 e. The molecule has 0 aliphatic heterocycles. The molecule has 1 amide bonds. The number of hydrogen-bond donors (Lipinski definition) is 3. The molecule has 0 spiro atoms. The average Bonchev–Trinajstić information content (AvgIpc) is 2.78. The summed E-state index contributed by atoms with van der Waals surface area (Å²) in [6.45, 7) is 2.18. The van der Waals surface area contributed by atoms with Crippen molar-refractivity contribution in [2.24, 2.45) is 5.92 Å². The second-order valence-corrected chi connectivity index (χ2v) is 8.90. The Kier molecular flexibility index (Phi) is 7.40. The predicted octanol–water partition coefficient (Wildman–Crippen LogP) is 5.97. The van der Waals surface area contributed by atoms with Crippen LogP contribution in [0.3, 0.4) is 0 Å². The van der Waals surface area contributed by atoms with Gasteiger partial charge in [-0.1, -0.05) is 55.3 Å². The maximum absolute atomic E-state index is 13.4. The van der Waals surface area contributed by atoms with Crippen LogP contribution < -0.4 is 16.4 Å². The Balaban J connectivity index is 1.98. The van der Waals surface area contributed by atoms with Gasteiger partial charge in [-0.25, -0.2) is 0 Å². The zero-order valence-electron chi connectivity index (χ0n) is 18.2. The first-order chi connectivity index (χ1) is 15.1. The van der Waals surface area contributed by atoms with Gasteiger partial charge in [-0.2, -0.15) is 13.2 Å². The quantitative estimate of drug-likeness (QED) is 0.458. The Bertz CT molecular complexity index is 941. The summed E-state index contributed by atoms with van der Waals surface area (Å²) < 4.78 is 40.2. The summed E-state index contributed by atoms with van der Waals surface area (Å²) in [5, 5.41) is 6.14. The van der Waals surface area contributed by atoms with E-state index in [2.05, 4.69) is 17.6 Å². The van der Waals surface area contributed by atoms with Crippen LogP contribution in [0.15, 0.2) is 42.5 Å². The summed E-state index contributed by atoms with van der Waals surface area (Å²) in [5.74, 6) is 0.00680. The van der Waals surface area contributed by atoms with Crippen LogP contribution in [0.5, 0.6) is 0 Å². The Morgan fingerprint density at radius 1 is 1.22 bits per heavy atom. The zero-order valence-corrected chi connectivity index (χ0v) is 19.0. The van der Waals surface area contributed by atoms with E-state index in [4.69, 9.17) is 17.3 Å². The highest BCUT2D eigenvalue weighted by atomic mass is 35.5. The fraction of sp³-hybridized carbons (Fsp3) is 0.458. The molecule has 1 aliphatic carbocycles. The van der Waals surface area contributed by atoms with E-state index < -0.39 is 34.9 Å². The van der Waals surface area contributed by atoms with Crippen LogP contribution in [0.2, 0.25) is 5.02 Å². The number of halogens is 4. The number of alkyl halides is 3. The summed E-state index contributed by atoms with van der Waals surface area (Å²) >= 11 is 5.94. The van der Waals surface area contributed by atoms with Crippen molar-refractivity contribution < 1.29 is 18.0 Å². The van der Waals surface area contributed by atoms with Crippen molar-refractivity contribution in [1.29, 1.82) is 0 Å². The third kappa shape index (κ3) is 5.04. The number of nitrogens with one attached hydrogen (secondary N) is 2. The Hall–Kier alpha value is -2.25. The van der Waals surface area contributed by atoms with Gasteiger partial charge in [0.15, 0.2) is 0 Å². The topological polar surface area (TPSA) is 67.1 Å². The molecule has 3 rings (SSSR count). The number of nitrogen functional groups attached to an aromatic ring is 1. The molecular weight excluding hydrogens is 439 g/mol. The van der Waals surface area contributed by atoms with E-state index in [1.807, 2.05) is 37.4 Å². The van der Waals surface area contributed by atoms with E-state index in [0.717, 1.165) is 43.7 Å². The molecule has 1 fully saturated rings. The number of hydrogen-bond acceptors (Lipinski definition) is 3. The molecule has 1 unspecified atom stereocenters. The number of amides is 1. The van der Waals surface area contributed by atoms with Crippen LogP contribution in [-0.4, -0.2) is 18.5 Å². The molecule has 8 heteroatoms. The van der Waals surface area contributed by atoms with Gasteiger partial charge in [0.05, 0.1) is 22.3 Å². The minimum absolute atomic E-state index is 0.175. The molecule has 2 aromatic carbocycles. The molecule has 174 valence electrons. The molecule has 0 aromatic heterocycles. The van der Waals surface area contributed by atoms with Gasteiger partial charge in [-0.3, -0.25) is 4.79 Å². The molecule has 0 radical (unpaired) electrons. The lowest BCUT2D eigenvalue weighted by Crippen LogP contribution is -2.56. The fourth-order valence-corrected chi connectivity index (χ4v) is 4.89. The van der Waals surface area contributed by atoms with Crippen LogP contribution >= 0.6 is 11.6 Å². The van der Waals surface area contributed by atoms with Gasteiger partial charge in [-0.05, 0) is 56.3 Å². The third-order valence-corrected chi connectivity index (χ3v) is 7.04.